The van der Waals surface area contributed by atoms with E-state index in [9.17, 15) is 13.2 Å². The summed E-state index contributed by atoms with van der Waals surface area (Å²) < 4.78 is 35.3. The summed E-state index contributed by atoms with van der Waals surface area (Å²) >= 11 is 8.87. The van der Waals surface area contributed by atoms with Gasteiger partial charge in [0.15, 0.2) is 5.11 Å². The lowest BCUT2D eigenvalue weighted by Gasteiger charge is -2.39. The second kappa shape index (κ2) is 16.5. The van der Waals surface area contributed by atoms with E-state index < -0.39 is 10.0 Å². The molecule has 0 aromatic heterocycles. The summed E-state index contributed by atoms with van der Waals surface area (Å²) in [7, 11) is -3.71. The summed E-state index contributed by atoms with van der Waals surface area (Å²) in [6.45, 7) is 2.46. The Labute approximate surface area is 307 Å². The number of rotatable bonds is 11. The molecule has 0 saturated carbocycles. The third-order valence-corrected chi connectivity index (χ3v) is 11.3. The maximum Gasteiger partial charge on any atom is 0.257 e. The van der Waals surface area contributed by atoms with Crippen LogP contribution >= 0.6 is 28.1 Å². The van der Waals surface area contributed by atoms with Crippen molar-refractivity contribution in [2.45, 2.75) is 17.4 Å². The standard InChI is InChI=1S/C39H37BrN4O4S2/c40-35-28-32(16-21-36(35)48-27-22-29-10-4-1-5-11-29)38(45)42-39(49)41-33-17-19-34(20-18-33)50(46,47)44-25-23-43(24-26-44)37(30-12-6-2-7-13-30)31-14-8-3-9-15-31/h1-21,28,37H,22-27H2,(H2,41,42,45,49). The Bertz CT molecular complexity index is 1970. The molecule has 8 nitrogen and oxygen atoms in total. The average molecular weight is 770 g/mol. The van der Waals surface area contributed by atoms with E-state index in [1.165, 1.54) is 16.7 Å². The van der Waals surface area contributed by atoms with E-state index in [0.717, 1.165) is 6.42 Å². The number of halogens is 1. The largest absolute Gasteiger partial charge is 0.492 e. The van der Waals surface area contributed by atoms with E-state index in [2.05, 4.69) is 67.9 Å². The van der Waals surface area contributed by atoms with Crippen molar-refractivity contribution in [1.29, 1.82) is 0 Å². The van der Waals surface area contributed by atoms with Gasteiger partial charge in [-0.1, -0.05) is 91.0 Å². The quantitative estimate of drug-likeness (QED) is 0.137. The maximum atomic E-state index is 13.6. The molecule has 50 heavy (non-hydrogen) atoms. The van der Waals surface area contributed by atoms with E-state index in [1.807, 2.05) is 54.6 Å². The van der Waals surface area contributed by atoms with E-state index >= 15 is 0 Å². The van der Waals surface area contributed by atoms with Crippen molar-refractivity contribution in [3.63, 3.8) is 0 Å². The van der Waals surface area contributed by atoms with Gasteiger partial charge in [-0.2, -0.15) is 4.31 Å². The molecule has 1 fully saturated rings. The van der Waals surface area contributed by atoms with Crippen LogP contribution in [0.2, 0.25) is 0 Å². The zero-order chi connectivity index (χ0) is 34.9. The molecular formula is C39H37BrN4O4S2. The first-order valence-corrected chi connectivity index (χ1v) is 18.9. The molecular weight excluding hydrogens is 732 g/mol. The van der Waals surface area contributed by atoms with Crippen LogP contribution in [0.3, 0.4) is 0 Å². The Hall–Kier alpha value is -4.39. The fourth-order valence-electron chi connectivity index (χ4n) is 5.97. The van der Waals surface area contributed by atoms with Gasteiger partial charge >= 0.3 is 0 Å². The van der Waals surface area contributed by atoms with Crippen molar-refractivity contribution in [3.8, 4) is 5.75 Å². The Morgan fingerprint density at radius 2 is 1.36 bits per heavy atom. The monoisotopic (exact) mass is 768 g/mol. The molecule has 0 aliphatic carbocycles. The second-order valence-electron chi connectivity index (χ2n) is 11.8. The Balaban J connectivity index is 1.01. The van der Waals surface area contributed by atoms with Gasteiger partial charge in [0.1, 0.15) is 5.75 Å². The molecule has 0 radical (unpaired) electrons. The van der Waals surface area contributed by atoms with Gasteiger partial charge in [-0.3, -0.25) is 15.0 Å². The van der Waals surface area contributed by atoms with Gasteiger partial charge in [-0.15, -0.1) is 0 Å². The first kappa shape index (κ1) is 35.4. The SMILES string of the molecule is O=C(NC(=S)Nc1ccc(S(=O)(=O)N2CCN(C(c3ccccc3)c3ccccc3)CC2)cc1)c1ccc(OCCc2ccccc2)c(Br)c1. The molecule has 5 aromatic carbocycles. The van der Waals surface area contributed by atoms with Gasteiger partial charge in [0.2, 0.25) is 10.0 Å². The van der Waals surface area contributed by atoms with Crippen molar-refractivity contribution >= 4 is 54.9 Å². The minimum absolute atomic E-state index is 0.0435. The van der Waals surface area contributed by atoms with Crippen LogP contribution in [-0.2, 0) is 16.4 Å². The van der Waals surface area contributed by atoms with Crippen molar-refractivity contribution in [1.82, 2.24) is 14.5 Å². The molecule has 256 valence electrons. The molecule has 0 atom stereocenters. The Morgan fingerprint density at radius 1 is 0.780 bits per heavy atom. The van der Waals surface area contributed by atoms with Crippen LogP contribution in [-0.4, -0.2) is 61.4 Å². The van der Waals surface area contributed by atoms with E-state index in [4.69, 9.17) is 17.0 Å². The smallest absolute Gasteiger partial charge is 0.257 e. The van der Waals surface area contributed by atoms with Crippen LogP contribution in [0.4, 0.5) is 5.69 Å². The molecule has 0 spiro atoms. The fourth-order valence-corrected chi connectivity index (χ4v) is 8.09. The molecule has 6 rings (SSSR count). The molecule has 0 unspecified atom stereocenters. The summed E-state index contributed by atoms with van der Waals surface area (Å²) in [5, 5.41) is 5.74. The van der Waals surface area contributed by atoms with E-state index in [1.54, 1.807) is 46.8 Å². The van der Waals surface area contributed by atoms with Gasteiger partial charge in [0.25, 0.3) is 5.91 Å². The summed E-state index contributed by atoms with van der Waals surface area (Å²) in [6.07, 6.45) is 0.768. The number of sulfonamides is 1. The van der Waals surface area contributed by atoms with Crippen LogP contribution in [0.15, 0.2) is 143 Å². The zero-order valence-corrected chi connectivity index (χ0v) is 30.5. The topological polar surface area (TPSA) is 91.0 Å². The van der Waals surface area contributed by atoms with Gasteiger partial charge in [0, 0.05) is 43.9 Å². The lowest BCUT2D eigenvalue weighted by molar-refractivity contribution is 0.0977. The van der Waals surface area contributed by atoms with Crippen LogP contribution < -0.4 is 15.4 Å². The first-order valence-electron chi connectivity index (χ1n) is 16.3. The third kappa shape index (κ3) is 8.85. The van der Waals surface area contributed by atoms with Crippen molar-refractivity contribution in [2.75, 3.05) is 38.1 Å². The minimum Gasteiger partial charge on any atom is -0.492 e. The minimum atomic E-state index is -3.71. The number of hydrogen-bond acceptors (Lipinski definition) is 6. The molecule has 1 saturated heterocycles. The molecule has 11 heteroatoms. The Kier molecular flexibility index (Phi) is 11.7. The highest BCUT2D eigenvalue weighted by Gasteiger charge is 2.32. The molecule has 2 N–H and O–H groups in total. The third-order valence-electron chi connectivity index (χ3n) is 8.53. The van der Waals surface area contributed by atoms with E-state index in [0.29, 0.717) is 54.3 Å². The lowest BCUT2D eigenvalue weighted by Crippen LogP contribution is -2.49. The van der Waals surface area contributed by atoms with Crippen LogP contribution in [0, 0.1) is 0 Å². The summed E-state index contributed by atoms with van der Waals surface area (Å²) in [4.78, 5) is 15.4. The van der Waals surface area contributed by atoms with Gasteiger partial charge < -0.3 is 10.1 Å². The number of nitrogens with one attached hydrogen (secondary N) is 2. The number of ether oxygens (including phenoxy) is 1. The number of nitrogens with zero attached hydrogens (tertiary/aromatic N) is 2. The first-order chi connectivity index (χ1) is 24.3. The highest BCUT2D eigenvalue weighted by atomic mass is 79.9. The number of anilines is 1. The highest BCUT2D eigenvalue weighted by Crippen LogP contribution is 2.31. The molecule has 1 aliphatic heterocycles. The van der Waals surface area contributed by atoms with Gasteiger partial charge in [0.05, 0.1) is 22.0 Å². The number of benzene rings is 5. The molecule has 1 heterocycles. The normalized spacial score (nSPS) is 13.9. The molecule has 0 bridgehead atoms. The highest BCUT2D eigenvalue weighted by molar-refractivity contribution is 9.10. The predicted molar refractivity (Wildman–Crippen MR) is 205 cm³/mol. The maximum absolute atomic E-state index is 13.6. The van der Waals surface area contributed by atoms with Crippen molar-refractivity contribution in [3.05, 3.63) is 160 Å². The predicted octanol–water partition coefficient (Wildman–Crippen LogP) is 7.29. The Morgan fingerprint density at radius 3 is 1.94 bits per heavy atom. The number of hydrogen-bond donors (Lipinski definition) is 2. The van der Waals surface area contributed by atoms with Crippen LogP contribution in [0.25, 0.3) is 0 Å². The van der Waals surface area contributed by atoms with Crippen molar-refractivity contribution in [2.24, 2.45) is 0 Å². The zero-order valence-electron chi connectivity index (χ0n) is 27.2. The van der Waals surface area contributed by atoms with Gasteiger partial charge in [-0.25, -0.2) is 8.42 Å². The average Bonchev–Trinajstić information content (AvgIpc) is 3.14. The van der Waals surface area contributed by atoms with Crippen molar-refractivity contribution < 1.29 is 17.9 Å². The van der Waals surface area contributed by atoms with E-state index in [-0.39, 0.29) is 22.0 Å². The number of carbonyl (C=O) groups excluding carboxylic acids is 1. The number of amides is 1. The molecule has 1 amide bonds. The summed E-state index contributed by atoms with van der Waals surface area (Å²) in [6, 6.07) is 42.2. The number of piperazine rings is 1. The second-order valence-corrected chi connectivity index (χ2v) is 15.0. The number of thiocarbonyl (C=S) groups is 1. The molecule has 5 aromatic rings. The molecule has 1 aliphatic rings. The number of carbonyl (C=O) groups is 1. The van der Waals surface area contributed by atoms with Crippen LogP contribution in [0.1, 0.15) is 33.1 Å². The lowest BCUT2D eigenvalue weighted by atomic mass is 9.96. The van der Waals surface area contributed by atoms with Gasteiger partial charge in [-0.05, 0) is 87.3 Å². The summed E-state index contributed by atoms with van der Waals surface area (Å²) in [5.74, 6) is 0.248. The van der Waals surface area contributed by atoms with Crippen LogP contribution in [0.5, 0.6) is 5.75 Å². The fraction of sp³-hybridized carbons (Fsp3) is 0.179. The summed E-state index contributed by atoms with van der Waals surface area (Å²) in [5.41, 5.74) is 4.49.